The van der Waals surface area contributed by atoms with Crippen LogP contribution in [0.25, 0.3) is 0 Å². The first kappa shape index (κ1) is 15.3. The van der Waals surface area contributed by atoms with Crippen LogP contribution in [0.1, 0.15) is 49.4 Å². The fraction of sp³-hybridized carbons (Fsp3) is 0.526. The molecule has 2 bridgehead atoms. The molecule has 2 aliphatic heterocycles. The highest BCUT2D eigenvalue weighted by Gasteiger charge is 2.36. The molecular formula is C19H26N2O. The lowest BCUT2D eigenvalue weighted by Gasteiger charge is -2.35. The van der Waals surface area contributed by atoms with Gasteiger partial charge in [-0.15, -0.1) is 0 Å². The standard InChI is InChI=1S/C19H26N2O/c1-3-4-12-21(19(22)15-8-6-5-7-9-15)18-13-16-10-11-17(14-18)20(16)2/h5-9,13,16-17H,3-4,10-12,14H2,1-2H3/t16-,17-/m0/s1. The fourth-order valence-corrected chi connectivity index (χ4v) is 3.65. The summed E-state index contributed by atoms with van der Waals surface area (Å²) >= 11 is 0. The predicted molar refractivity (Wildman–Crippen MR) is 89.7 cm³/mol. The molecule has 0 radical (unpaired) electrons. The number of hydrogen-bond donors (Lipinski definition) is 0. The highest BCUT2D eigenvalue weighted by Crippen LogP contribution is 2.35. The van der Waals surface area contributed by atoms with E-state index in [0.29, 0.717) is 12.1 Å². The minimum absolute atomic E-state index is 0.157. The van der Waals surface area contributed by atoms with Crippen LogP contribution in [0.2, 0.25) is 0 Å². The van der Waals surface area contributed by atoms with E-state index >= 15 is 0 Å². The Labute approximate surface area is 133 Å². The van der Waals surface area contributed by atoms with E-state index in [1.807, 2.05) is 35.2 Å². The van der Waals surface area contributed by atoms with Crippen LogP contribution >= 0.6 is 0 Å². The predicted octanol–water partition coefficient (Wildman–Crippen LogP) is 3.68. The second kappa shape index (κ2) is 6.66. The molecule has 3 nitrogen and oxygen atoms in total. The van der Waals surface area contributed by atoms with Crippen LogP contribution in [-0.4, -0.2) is 41.4 Å². The van der Waals surface area contributed by atoms with Crippen LogP contribution in [0.5, 0.6) is 0 Å². The van der Waals surface area contributed by atoms with Gasteiger partial charge in [-0.05, 0) is 44.5 Å². The maximum Gasteiger partial charge on any atom is 0.257 e. The van der Waals surface area contributed by atoms with Crippen LogP contribution in [0.15, 0.2) is 42.1 Å². The van der Waals surface area contributed by atoms with Crippen LogP contribution < -0.4 is 0 Å². The summed E-state index contributed by atoms with van der Waals surface area (Å²) in [6.07, 6.45) is 7.99. The van der Waals surface area contributed by atoms with E-state index in [9.17, 15) is 4.79 Å². The minimum atomic E-state index is 0.157. The molecule has 1 fully saturated rings. The average Bonchev–Trinajstić information content (AvgIpc) is 2.77. The third-order valence-electron chi connectivity index (χ3n) is 5.07. The van der Waals surface area contributed by atoms with Gasteiger partial charge in [0.2, 0.25) is 0 Å². The van der Waals surface area contributed by atoms with Crippen molar-refractivity contribution in [2.45, 2.75) is 51.1 Å². The van der Waals surface area contributed by atoms with Crippen LogP contribution in [-0.2, 0) is 0 Å². The van der Waals surface area contributed by atoms with Crippen molar-refractivity contribution in [3.63, 3.8) is 0 Å². The highest BCUT2D eigenvalue weighted by atomic mass is 16.2. The fourth-order valence-electron chi connectivity index (χ4n) is 3.65. The van der Waals surface area contributed by atoms with Crippen molar-refractivity contribution in [3.05, 3.63) is 47.7 Å². The molecule has 0 N–H and O–H groups in total. The van der Waals surface area contributed by atoms with Crippen molar-refractivity contribution < 1.29 is 4.79 Å². The van der Waals surface area contributed by atoms with Gasteiger partial charge in [0.25, 0.3) is 5.91 Å². The molecule has 118 valence electrons. The van der Waals surface area contributed by atoms with E-state index in [0.717, 1.165) is 31.4 Å². The monoisotopic (exact) mass is 298 g/mol. The molecule has 0 unspecified atom stereocenters. The van der Waals surface area contributed by atoms with Crippen molar-refractivity contribution in [2.24, 2.45) is 0 Å². The third-order valence-corrected chi connectivity index (χ3v) is 5.07. The molecule has 1 aromatic rings. The quantitative estimate of drug-likeness (QED) is 0.828. The minimum Gasteiger partial charge on any atom is -0.312 e. The summed E-state index contributed by atoms with van der Waals surface area (Å²) in [5, 5.41) is 0. The number of unbranched alkanes of at least 4 members (excludes halogenated alkanes) is 1. The molecular weight excluding hydrogens is 272 g/mol. The van der Waals surface area contributed by atoms with Crippen LogP contribution in [0, 0.1) is 0 Å². The number of rotatable bonds is 5. The Morgan fingerprint density at radius 2 is 2.05 bits per heavy atom. The van der Waals surface area contributed by atoms with Gasteiger partial charge in [-0.3, -0.25) is 9.69 Å². The van der Waals surface area contributed by atoms with Gasteiger partial charge in [0.15, 0.2) is 0 Å². The second-order valence-corrected chi connectivity index (χ2v) is 6.50. The number of fused-ring (bicyclic) bond motifs is 2. The number of likely N-dealkylation sites (N-methyl/N-ethyl adjacent to an activating group) is 1. The highest BCUT2D eigenvalue weighted by molar-refractivity contribution is 5.95. The summed E-state index contributed by atoms with van der Waals surface area (Å²) in [5.41, 5.74) is 2.04. The van der Waals surface area contributed by atoms with E-state index in [1.54, 1.807) is 0 Å². The summed E-state index contributed by atoms with van der Waals surface area (Å²) < 4.78 is 0. The normalized spacial score (nSPS) is 24.2. The molecule has 1 aromatic carbocycles. The van der Waals surface area contributed by atoms with E-state index in [4.69, 9.17) is 0 Å². The van der Waals surface area contributed by atoms with Crippen LogP contribution in [0.3, 0.4) is 0 Å². The Morgan fingerprint density at radius 1 is 1.27 bits per heavy atom. The maximum absolute atomic E-state index is 12.9. The lowest BCUT2D eigenvalue weighted by molar-refractivity contribution is 0.0784. The lowest BCUT2D eigenvalue weighted by atomic mass is 10.0. The van der Waals surface area contributed by atoms with E-state index in [1.165, 1.54) is 18.5 Å². The molecule has 22 heavy (non-hydrogen) atoms. The van der Waals surface area contributed by atoms with Crippen molar-refractivity contribution in [1.82, 2.24) is 9.80 Å². The second-order valence-electron chi connectivity index (χ2n) is 6.50. The summed E-state index contributed by atoms with van der Waals surface area (Å²) in [5.74, 6) is 0.157. The number of amides is 1. The summed E-state index contributed by atoms with van der Waals surface area (Å²) in [7, 11) is 2.21. The number of nitrogens with zero attached hydrogens (tertiary/aromatic N) is 2. The van der Waals surface area contributed by atoms with Gasteiger partial charge in [0.05, 0.1) is 0 Å². The molecule has 0 aliphatic carbocycles. The molecule has 0 aromatic heterocycles. The Bertz CT molecular complexity index is 552. The number of benzene rings is 1. The first-order valence-corrected chi connectivity index (χ1v) is 8.50. The smallest absolute Gasteiger partial charge is 0.257 e. The Morgan fingerprint density at radius 3 is 2.73 bits per heavy atom. The SMILES string of the molecule is CCCCN(C(=O)c1ccccc1)C1=C[C@@H]2CC[C@@H](C1)N2C. The number of hydrogen-bond acceptors (Lipinski definition) is 2. The zero-order valence-electron chi connectivity index (χ0n) is 13.7. The molecule has 2 heterocycles. The van der Waals surface area contributed by atoms with Gasteiger partial charge in [0.1, 0.15) is 0 Å². The van der Waals surface area contributed by atoms with Crippen molar-refractivity contribution in [3.8, 4) is 0 Å². The van der Waals surface area contributed by atoms with Crippen molar-refractivity contribution in [2.75, 3.05) is 13.6 Å². The molecule has 2 aliphatic rings. The van der Waals surface area contributed by atoms with Gasteiger partial charge in [-0.1, -0.05) is 31.5 Å². The van der Waals surface area contributed by atoms with Gasteiger partial charge in [-0.2, -0.15) is 0 Å². The van der Waals surface area contributed by atoms with E-state index in [-0.39, 0.29) is 5.91 Å². The molecule has 3 heteroatoms. The van der Waals surface area contributed by atoms with Gasteiger partial charge in [-0.25, -0.2) is 0 Å². The van der Waals surface area contributed by atoms with Crippen LogP contribution in [0.4, 0.5) is 0 Å². The molecule has 0 spiro atoms. The third kappa shape index (κ3) is 2.95. The Hall–Kier alpha value is -1.61. The molecule has 1 saturated heterocycles. The van der Waals surface area contributed by atoms with Gasteiger partial charge < -0.3 is 4.90 Å². The van der Waals surface area contributed by atoms with Gasteiger partial charge >= 0.3 is 0 Å². The molecule has 0 saturated carbocycles. The summed E-state index contributed by atoms with van der Waals surface area (Å²) in [6.45, 7) is 3.01. The number of carbonyl (C=O) groups excluding carboxylic acids is 1. The Kier molecular flexibility index (Phi) is 4.63. The van der Waals surface area contributed by atoms with E-state index in [2.05, 4.69) is 24.9 Å². The summed E-state index contributed by atoms with van der Waals surface area (Å²) in [4.78, 5) is 17.4. The Balaban J connectivity index is 1.84. The number of carbonyl (C=O) groups is 1. The zero-order chi connectivity index (χ0) is 15.5. The van der Waals surface area contributed by atoms with Crippen molar-refractivity contribution in [1.29, 1.82) is 0 Å². The maximum atomic E-state index is 12.9. The van der Waals surface area contributed by atoms with Gasteiger partial charge in [0, 0.05) is 36.3 Å². The molecule has 1 amide bonds. The van der Waals surface area contributed by atoms with E-state index < -0.39 is 0 Å². The first-order valence-electron chi connectivity index (χ1n) is 8.50. The first-order chi connectivity index (χ1) is 10.7. The summed E-state index contributed by atoms with van der Waals surface area (Å²) in [6, 6.07) is 10.8. The van der Waals surface area contributed by atoms with Crippen molar-refractivity contribution >= 4 is 5.91 Å². The average molecular weight is 298 g/mol. The largest absolute Gasteiger partial charge is 0.312 e. The lowest BCUT2D eigenvalue weighted by Crippen LogP contribution is -2.41. The topological polar surface area (TPSA) is 23.6 Å². The molecule has 2 atom stereocenters. The molecule has 3 rings (SSSR count). The zero-order valence-corrected chi connectivity index (χ0v) is 13.7.